The summed E-state index contributed by atoms with van der Waals surface area (Å²) in [5.41, 5.74) is 5.51. The Morgan fingerprint density at radius 1 is 0.786 bits per heavy atom. The van der Waals surface area contributed by atoms with Gasteiger partial charge in [0.25, 0.3) is 0 Å². The van der Waals surface area contributed by atoms with Crippen LogP contribution >= 0.6 is 0 Å². The molecule has 0 unspecified atom stereocenters. The molecular formula is C28H32. The van der Waals surface area contributed by atoms with Crippen molar-refractivity contribution in [2.75, 3.05) is 0 Å². The highest BCUT2D eigenvalue weighted by atomic mass is 14.2. The third-order valence-corrected chi connectivity index (χ3v) is 6.67. The standard InChI is InChI=1S/C28H32/c1-3-21-5-7-23(8-6-21)9-10-24-12-14-25(15-13-24)27-18-17-26-19-22(4-2)11-16-28(26)20-27/h3,11-21,23H,1,4-10H2,2H3. The summed E-state index contributed by atoms with van der Waals surface area (Å²) in [6.07, 6.45) is 11.2. The molecule has 0 nitrogen and oxygen atoms in total. The van der Waals surface area contributed by atoms with Crippen LogP contribution in [-0.2, 0) is 12.8 Å². The Hall–Kier alpha value is -2.34. The Morgan fingerprint density at radius 2 is 1.43 bits per heavy atom. The van der Waals surface area contributed by atoms with Gasteiger partial charge in [-0.25, -0.2) is 0 Å². The summed E-state index contributed by atoms with van der Waals surface area (Å²) in [6, 6.07) is 22.9. The van der Waals surface area contributed by atoms with Crippen LogP contribution in [0.25, 0.3) is 21.9 Å². The molecule has 0 saturated heterocycles. The van der Waals surface area contributed by atoms with E-state index in [9.17, 15) is 0 Å². The number of hydrogen-bond acceptors (Lipinski definition) is 0. The monoisotopic (exact) mass is 368 g/mol. The van der Waals surface area contributed by atoms with E-state index in [1.807, 2.05) is 0 Å². The van der Waals surface area contributed by atoms with E-state index >= 15 is 0 Å². The quantitative estimate of drug-likeness (QED) is 0.387. The van der Waals surface area contributed by atoms with Gasteiger partial charge in [0.1, 0.15) is 0 Å². The molecule has 28 heavy (non-hydrogen) atoms. The Morgan fingerprint density at radius 3 is 2.14 bits per heavy atom. The van der Waals surface area contributed by atoms with E-state index in [1.165, 1.54) is 71.6 Å². The van der Waals surface area contributed by atoms with Crippen molar-refractivity contribution in [3.05, 3.63) is 84.4 Å². The van der Waals surface area contributed by atoms with E-state index in [1.54, 1.807) is 0 Å². The molecule has 0 N–H and O–H groups in total. The zero-order valence-corrected chi connectivity index (χ0v) is 17.2. The van der Waals surface area contributed by atoms with E-state index < -0.39 is 0 Å². The van der Waals surface area contributed by atoms with Crippen LogP contribution in [0.5, 0.6) is 0 Å². The summed E-state index contributed by atoms with van der Waals surface area (Å²) >= 11 is 0. The Kier molecular flexibility index (Phi) is 5.95. The Labute approximate surface area is 170 Å². The zero-order valence-electron chi connectivity index (χ0n) is 17.2. The SMILES string of the molecule is C=CC1CCC(CCc2ccc(-c3ccc4cc(CC)ccc4c3)cc2)CC1. The van der Waals surface area contributed by atoms with Crippen molar-refractivity contribution in [2.45, 2.75) is 51.9 Å². The first-order valence-electron chi connectivity index (χ1n) is 11.0. The molecule has 0 spiro atoms. The van der Waals surface area contributed by atoms with Crippen molar-refractivity contribution in [3.63, 3.8) is 0 Å². The van der Waals surface area contributed by atoms with Crippen molar-refractivity contribution < 1.29 is 0 Å². The molecule has 144 valence electrons. The van der Waals surface area contributed by atoms with Gasteiger partial charge in [0, 0.05) is 0 Å². The van der Waals surface area contributed by atoms with Crippen LogP contribution in [0.4, 0.5) is 0 Å². The van der Waals surface area contributed by atoms with Crippen LogP contribution in [0, 0.1) is 11.8 Å². The molecule has 0 aromatic heterocycles. The molecule has 3 aromatic carbocycles. The molecule has 4 rings (SSSR count). The number of aryl methyl sites for hydroxylation is 2. The molecule has 0 amide bonds. The minimum Gasteiger partial charge on any atom is -0.103 e. The number of rotatable bonds is 6. The van der Waals surface area contributed by atoms with E-state index in [4.69, 9.17) is 0 Å². The highest BCUT2D eigenvalue weighted by Crippen LogP contribution is 2.32. The molecule has 0 atom stereocenters. The number of fused-ring (bicyclic) bond motifs is 1. The second-order valence-corrected chi connectivity index (χ2v) is 8.50. The Balaban J connectivity index is 1.40. The van der Waals surface area contributed by atoms with Crippen LogP contribution in [0.1, 0.15) is 50.2 Å². The fraction of sp³-hybridized carbons (Fsp3) is 0.357. The zero-order chi connectivity index (χ0) is 19.3. The molecule has 0 bridgehead atoms. The maximum Gasteiger partial charge on any atom is -0.0178 e. The molecule has 0 aliphatic heterocycles. The van der Waals surface area contributed by atoms with Gasteiger partial charge < -0.3 is 0 Å². The second-order valence-electron chi connectivity index (χ2n) is 8.50. The molecule has 1 saturated carbocycles. The van der Waals surface area contributed by atoms with Crippen LogP contribution in [0.15, 0.2) is 73.3 Å². The first-order valence-corrected chi connectivity index (χ1v) is 11.0. The first-order chi connectivity index (χ1) is 13.7. The summed E-state index contributed by atoms with van der Waals surface area (Å²) < 4.78 is 0. The fourth-order valence-corrected chi connectivity index (χ4v) is 4.64. The largest absolute Gasteiger partial charge is 0.103 e. The third-order valence-electron chi connectivity index (χ3n) is 6.67. The number of allylic oxidation sites excluding steroid dienone is 1. The van der Waals surface area contributed by atoms with E-state index in [0.29, 0.717) is 0 Å². The molecule has 3 aromatic rings. The smallest absolute Gasteiger partial charge is 0.0178 e. The highest BCUT2D eigenvalue weighted by molar-refractivity contribution is 5.87. The van der Waals surface area contributed by atoms with Gasteiger partial charge in [-0.05, 0) is 95.9 Å². The lowest BCUT2D eigenvalue weighted by molar-refractivity contribution is 0.296. The average Bonchev–Trinajstić information content (AvgIpc) is 2.77. The van der Waals surface area contributed by atoms with Gasteiger partial charge in [-0.2, -0.15) is 0 Å². The lowest BCUT2D eigenvalue weighted by atomic mass is 9.79. The maximum absolute atomic E-state index is 3.96. The molecule has 1 aliphatic rings. The lowest BCUT2D eigenvalue weighted by Gasteiger charge is -2.26. The fourth-order valence-electron chi connectivity index (χ4n) is 4.64. The molecule has 1 fully saturated rings. The van der Waals surface area contributed by atoms with Gasteiger partial charge in [-0.1, -0.05) is 67.6 Å². The molecule has 1 aliphatic carbocycles. The second kappa shape index (κ2) is 8.78. The van der Waals surface area contributed by atoms with Crippen molar-refractivity contribution in [3.8, 4) is 11.1 Å². The lowest BCUT2D eigenvalue weighted by Crippen LogP contribution is -2.13. The third kappa shape index (κ3) is 4.38. The van der Waals surface area contributed by atoms with Crippen LogP contribution in [-0.4, -0.2) is 0 Å². The Bertz CT molecular complexity index is 924. The molecule has 0 heterocycles. The predicted octanol–water partition coefficient (Wildman–Crippen LogP) is 7.99. The minimum atomic E-state index is 0.769. The summed E-state index contributed by atoms with van der Waals surface area (Å²) in [6.45, 7) is 6.17. The number of benzene rings is 3. The van der Waals surface area contributed by atoms with Gasteiger partial charge in [0.2, 0.25) is 0 Å². The normalized spacial score (nSPS) is 19.6. The van der Waals surface area contributed by atoms with E-state index in [0.717, 1.165) is 18.3 Å². The van der Waals surface area contributed by atoms with Crippen molar-refractivity contribution in [2.24, 2.45) is 11.8 Å². The number of hydrogen-bond donors (Lipinski definition) is 0. The van der Waals surface area contributed by atoms with Crippen molar-refractivity contribution in [1.82, 2.24) is 0 Å². The highest BCUT2D eigenvalue weighted by Gasteiger charge is 2.18. The average molecular weight is 369 g/mol. The topological polar surface area (TPSA) is 0 Å². The molecule has 0 radical (unpaired) electrons. The van der Waals surface area contributed by atoms with Crippen LogP contribution in [0.3, 0.4) is 0 Å². The molecular weight excluding hydrogens is 336 g/mol. The van der Waals surface area contributed by atoms with Gasteiger partial charge in [-0.15, -0.1) is 6.58 Å². The van der Waals surface area contributed by atoms with Gasteiger partial charge in [0.05, 0.1) is 0 Å². The van der Waals surface area contributed by atoms with E-state index in [-0.39, 0.29) is 0 Å². The van der Waals surface area contributed by atoms with Crippen LogP contribution in [0.2, 0.25) is 0 Å². The summed E-state index contributed by atoms with van der Waals surface area (Å²) in [4.78, 5) is 0. The van der Waals surface area contributed by atoms with E-state index in [2.05, 4.69) is 80.2 Å². The summed E-state index contributed by atoms with van der Waals surface area (Å²) in [5, 5.41) is 2.67. The van der Waals surface area contributed by atoms with Gasteiger partial charge in [-0.3, -0.25) is 0 Å². The minimum absolute atomic E-state index is 0.769. The first kappa shape index (κ1) is 19.0. The maximum atomic E-state index is 3.96. The summed E-state index contributed by atoms with van der Waals surface area (Å²) in [5.74, 6) is 1.68. The predicted molar refractivity (Wildman–Crippen MR) is 123 cm³/mol. The van der Waals surface area contributed by atoms with Crippen LogP contribution < -0.4 is 0 Å². The van der Waals surface area contributed by atoms with Crippen molar-refractivity contribution >= 4 is 10.8 Å². The van der Waals surface area contributed by atoms with Gasteiger partial charge >= 0.3 is 0 Å². The molecule has 0 heteroatoms. The summed E-state index contributed by atoms with van der Waals surface area (Å²) in [7, 11) is 0. The van der Waals surface area contributed by atoms with Gasteiger partial charge in [0.15, 0.2) is 0 Å². The van der Waals surface area contributed by atoms with Crippen molar-refractivity contribution in [1.29, 1.82) is 0 Å².